The fraction of sp³-hybridized carbons (Fsp3) is 0.375. The molecule has 2 aliphatic heterocycles. The second kappa shape index (κ2) is 22.5. The standard InChI is InChI=1S/C48H54O9S/c1-49-47-46(54-32-39-26-16-7-17-27-39)44(42(51-29-36-20-10-4-11-21-36)40(55-47)33-50-28-35-18-8-3-9-19-35)57-48-45(53-31-38-24-14-6-15-25-38)43(41(56-48)34-58-2)52-30-37-22-12-5-13-23-37/h3-27,40-48H,28-34H2,1-2H3/t40-,41+,42-,43-,44+,45+,46+,47+,48+/m1/s1. The molecule has 0 amide bonds. The minimum absolute atomic E-state index is 0.219. The molecule has 5 aromatic rings. The molecule has 306 valence electrons. The minimum Gasteiger partial charge on any atom is -0.374 e. The largest absolute Gasteiger partial charge is 0.374 e. The zero-order valence-corrected chi connectivity index (χ0v) is 34.0. The average Bonchev–Trinajstić information content (AvgIpc) is 3.60. The maximum Gasteiger partial charge on any atom is 0.187 e. The molecule has 0 N–H and O–H groups in total. The maximum absolute atomic E-state index is 7.24. The van der Waals surface area contributed by atoms with Gasteiger partial charge in [-0.3, -0.25) is 0 Å². The number of ether oxygens (including phenoxy) is 9. The summed E-state index contributed by atoms with van der Waals surface area (Å²) < 4.78 is 60.3. The predicted octanol–water partition coefficient (Wildman–Crippen LogP) is 8.39. The summed E-state index contributed by atoms with van der Waals surface area (Å²) in [4.78, 5) is 0. The van der Waals surface area contributed by atoms with Gasteiger partial charge in [0.1, 0.15) is 36.6 Å². The van der Waals surface area contributed by atoms with E-state index >= 15 is 0 Å². The Balaban J connectivity index is 1.21. The third-order valence-corrected chi connectivity index (χ3v) is 10.9. The van der Waals surface area contributed by atoms with Gasteiger partial charge < -0.3 is 42.6 Å². The van der Waals surface area contributed by atoms with Gasteiger partial charge in [0.25, 0.3) is 0 Å². The van der Waals surface area contributed by atoms with Gasteiger partial charge in [0, 0.05) is 12.9 Å². The predicted molar refractivity (Wildman–Crippen MR) is 224 cm³/mol. The highest BCUT2D eigenvalue weighted by Crippen LogP contribution is 2.37. The van der Waals surface area contributed by atoms with Crippen molar-refractivity contribution in [2.24, 2.45) is 0 Å². The summed E-state index contributed by atoms with van der Waals surface area (Å²) in [5, 5.41) is 0. The van der Waals surface area contributed by atoms with Crippen LogP contribution in [-0.2, 0) is 75.7 Å². The molecule has 2 heterocycles. The molecule has 0 saturated carbocycles. The van der Waals surface area contributed by atoms with Crippen molar-refractivity contribution in [3.63, 3.8) is 0 Å². The van der Waals surface area contributed by atoms with Crippen molar-refractivity contribution in [3.05, 3.63) is 179 Å². The van der Waals surface area contributed by atoms with Gasteiger partial charge in [-0.15, -0.1) is 0 Å². The van der Waals surface area contributed by atoms with Crippen molar-refractivity contribution in [1.82, 2.24) is 0 Å². The van der Waals surface area contributed by atoms with Gasteiger partial charge in [0.2, 0.25) is 0 Å². The lowest BCUT2D eigenvalue weighted by Gasteiger charge is -2.46. The third-order valence-electron chi connectivity index (χ3n) is 10.2. The van der Waals surface area contributed by atoms with E-state index in [0.29, 0.717) is 38.8 Å². The van der Waals surface area contributed by atoms with E-state index in [1.165, 1.54) is 0 Å². The highest BCUT2D eigenvalue weighted by atomic mass is 32.2. The summed E-state index contributed by atoms with van der Waals surface area (Å²) in [5.41, 5.74) is 5.16. The maximum atomic E-state index is 7.24. The van der Waals surface area contributed by atoms with E-state index in [0.717, 1.165) is 27.8 Å². The van der Waals surface area contributed by atoms with Crippen molar-refractivity contribution >= 4 is 11.8 Å². The van der Waals surface area contributed by atoms with Crippen LogP contribution in [0.1, 0.15) is 27.8 Å². The Labute approximate surface area is 346 Å². The molecule has 0 aromatic heterocycles. The molecular formula is C48H54O9S. The SMILES string of the molecule is CO[C@H]1O[C@H](COCc2ccccc2)[C@@H](OCc2ccccc2)[C@H](O[C@@H]2O[C@@H](CSC)[C@@H](OCc3ccccc3)[C@@H]2OCc2ccccc2)[C@@H]1OCc1ccccc1. The normalized spacial score (nSPS) is 25.8. The van der Waals surface area contributed by atoms with Crippen LogP contribution in [-0.4, -0.2) is 81.0 Å². The van der Waals surface area contributed by atoms with Crippen LogP contribution in [0.15, 0.2) is 152 Å². The Kier molecular flexibility index (Phi) is 16.3. The highest BCUT2D eigenvalue weighted by Gasteiger charge is 2.54. The Bertz CT molecular complexity index is 1860. The van der Waals surface area contributed by atoms with Gasteiger partial charge in [-0.1, -0.05) is 152 Å². The van der Waals surface area contributed by atoms with Crippen LogP contribution in [0.5, 0.6) is 0 Å². The fourth-order valence-corrected chi connectivity index (χ4v) is 7.90. The van der Waals surface area contributed by atoms with Crippen LogP contribution >= 0.6 is 11.8 Å². The second-order valence-electron chi connectivity index (χ2n) is 14.4. The van der Waals surface area contributed by atoms with Gasteiger partial charge in [-0.25, -0.2) is 0 Å². The molecule has 0 bridgehead atoms. The molecule has 0 spiro atoms. The summed E-state index contributed by atoms with van der Waals surface area (Å²) >= 11 is 1.69. The van der Waals surface area contributed by atoms with Crippen LogP contribution in [0.2, 0.25) is 0 Å². The first-order chi connectivity index (χ1) is 28.7. The molecule has 0 radical (unpaired) electrons. The van der Waals surface area contributed by atoms with Crippen LogP contribution in [0.3, 0.4) is 0 Å². The number of thioether (sulfide) groups is 1. The zero-order valence-electron chi connectivity index (χ0n) is 33.2. The quantitative estimate of drug-likeness (QED) is 0.0722. The van der Waals surface area contributed by atoms with E-state index in [9.17, 15) is 0 Å². The molecule has 0 unspecified atom stereocenters. The Morgan fingerprint density at radius 3 is 1.21 bits per heavy atom. The summed E-state index contributed by atoms with van der Waals surface area (Å²) in [5.74, 6) is 0.677. The van der Waals surface area contributed by atoms with Crippen LogP contribution in [0.25, 0.3) is 0 Å². The van der Waals surface area contributed by atoms with E-state index in [-0.39, 0.29) is 12.7 Å². The Hall–Kier alpha value is -3.91. The van der Waals surface area contributed by atoms with Crippen molar-refractivity contribution in [2.75, 3.05) is 25.7 Å². The molecule has 0 aliphatic carbocycles. The van der Waals surface area contributed by atoms with E-state index in [1.807, 2.05) is 140 Å². The highest BCUT2D eigenvalue weighted by molar-refractivity contribution is 7.98. The molecule has 2 saturated heterocycles. The topological polar surface area (TPSA) is 83.1 Å². The minimum atomic E-state index is -0.848. The average molecular weight is 807 g/mol. The fourth-order valence-electron chi connectivity index (χ4n) is 7.30. The van der Waals surface area contributed by atoms with E-state index in [2.05, 4.69) is 18.4 Å². The smallest absolute Gasteiger partial charge is 0.187 e. The van der Waals surface area contributed by atoms with Gasteiger partial charge >= 0.3 is 0 Å². The first kappa shape index (κ1) is 42.2. The van der Waals surface area contributed by atoms with E-state index in [1.54, 1.807) is 18.9 Å². The lowest BCUT2D eigenvalue weighted by Crippen LogP contribution is -2.62. The summed E-state index contributed by atoms with van der Waals surface area (Å²) in [6, 6.07) is 50.4. The monoisotopic (exact) mass is 806 g/mol. The second-order valence-corrected chi connectivity index (χ2v) is 15.3. The molecule has 2 aliphatic rings. The summed E-state index contributed by atoms with van der Waals surface area (Å²) in [7, 11) is 1.62. The van der Waals surface area contributed by atoms with Crippen LogP contribution in [0.4, 0.5) is 0 Å². The van der Waals surface area contributed by atoms with E-state index in [4.69, 9.17) is 42.6 Å². The van der Waals surface area contributed by atoms with Gasteiger partial charge in [-0.05, 0) is 34.1 Å². The molecule has 9 nitrogen and oxygen atoms in total. The van der Waals surface area contributed by atoms with E-state index < -0.39 is 49.2 Å². The molecule has 10 heteroatoms. The van der Waals surface area contributed by atoms with Gasteiger partial charge in [-0.2, -0.15) is 11.8 Å². The van der Waals surface area contributed by atoms with Crippen molar-refractivity contribution in [2.45, 2.75) is 88.3 Å². The lowest BCUT2D eigenvalue weighted by atomic mass is 9.97. The van der Waals surface area contributed by atoms with Crippen molar-refractivity contribution in [1.29, 1.82) is 0 Å². The van der Waals surface area contributed by atoms with Crippen molar-refractivity contribution in [3.8, 4) is 0 Å². The lowest BCUT2D eigenvalue weighted by molar-refractivity contribution is -0.343. The molecule has 9 atom stereocenters. The molecule has 58 heavy (non-hydrogen) atoms. The summed E-state index contributed by atoms with van der Waals surface area (Å²) in [6.45, 7) is 1.97. The first-order valence-electron chi connectivity index (χ1n) is 19.9. The molecule has 2 fully saturated rings. The number of benzene rings is 5. The summed E-state index contributed by atoms with van der Waals surface area (Å²) in [6.07, 6.45) is -3.66. The van der Waals surface area contributed by atoms with Crippen molar-refractivity contribution < 1.29 is 42.6 Å². The molecular weight excluding hydrogens is 753 g/mol. The Morgan fingerprint density at radius 2 is 0.793 bits per heavy atom. The first-order valence-corrected chi connectivity index (χ1v) is 21.3. The van der Waals surface area contributed by atoms with Gasteiger partial charge in [0.15, 0.2) is 12.6 Å². The van der Waals surface area contributed by atoms with Gasteiger partial charge in [0.05, 0.1) is 45.7 Å². The molecule has 5 aromatic carbocycles. The van der Waals surface area contributed by atoms with Crippen LogP contribution in [0, 0.1) is 0 Å². The number of methoxy groups -OCH3 is 1. The molecule has 7 rings (SSSR count). The number of rotatable bonds is 21. The third kappa shape index (κ3) is 11.9. The zero-order chi connectivity index (χ0) is 39.8. The number of hydrogen-bond donors (Lipinski definition) is 0. The number of hydrogen-bond acceptors (Lipinski definition) is 10. The Morgan fingerprint density at radius 1 is 0.431 bits per heavy atom. The van der Waals surface area contributed by atoms with Crippen LogP contribution < -0.4 is 0 Å².